The summed E-state index contributed by atoms with van der Waals surface area (Å²) < 4.78 is 21.9. The quantitative estimate of drug-likeness (QED) is 0.216. The van der Waals surface area contributed by atoms with Gasteiger partial charge in [0.2, 0.25) is 5.75 Å². The predicted molar refractivity (Wildman–Crippen MR) is 156 cm³/mol. The number of anilines is 1. The summed E-state index contributed by atoms with van der Waals surface area (Å²) in [6.45, 7) is 0. The van der Waals surface area contributed by atoms with Crippen molar-refractivity contribution in [3.8, 4) is 23.0 Å². The summed E-state index contributed by atoms with van der Waals surface area (Å²) in [4.78, 5) is 13.4. The molecule has 39 heavy (non-hydrogen) atoms. The number of benzene rings is 4. The zero-order valence-electron chi connectivity index (χ0n) is 22.7. The van der Waals surface area contributed by atoms with Gasteiger partial charge in [-0.2, -0.15) is 0 Å². The molecule has 0 unspecified atom stereocenters. The Balaban J connectivity index is 1.55. The van der Waals surface area contributed by atoms with Gasteiger partial charge in [0.15, 0.2) is 11.5 Å². The van der Waals surface area contributed by atoms with Gasteiger partial charge < -0.3 is 24.3 Å². The molecule has 0 aliphatic carbocycles. The molecule has 4 aromatic carbocycles. The highest BCUT2D eigenvalue weighted by molar-refractivity contribution is 6.06. The highest BCUT2D eigenvalue weighted by Crippen LogP contribution is 2.38. The topological polar surface area (TPSA) is 66.0 Å². The second kappa shape index (κ2) is 13.2. The van der Waals surface area contributed by atoms with Crippen molar-refractivity contribution in [2.24, 2.45) is 0 Å². The highest BCUT2D eigenvalue weighted by atomic mass is 16.5. The Morgan fingerprint density at radius 2 is 1.31 bits per heavy atom. The van der Waals surface area contributed by atoms with Crippen LogP contribution in [-0.4, -0.2) is 34.3 Å². The van der Waals surface area contributed by atoms with E-state index in [2.05, 4.69) is 17.4 Å². The third-order valence-electron chi connectivity index (χ3n) is 6.41. The zero-order chi connectivity index (χ0) is 27.6. The lowest BCUT2D eigenvalue weighted by Gasteiger charge is -2.14. The van der Waals surface area contributed by atoms with Gasteiger partial charge in [-0.1, -0.05) is 66.7 Å². The molecule has 0 fully saturated rings. The van der Waals surface area contributed by atoms with Gasteiger partial charge in [0.1, 0.15) is 5.75 Å². The lowest BCUT2D eigenvalue weighted by Crippen LogP contribution is -2.15. The van der Waals surface area contributed by atoms with Crippen molar-refractivity contribution in [3.05, 3.63) is 113 Å². The smallest absolute Gasteiger partial charge is 0.256 e. The average Bonchev–Trinajstić information content (AvgIpc) is 2.99. The molecule has 0 aliphatic rings. The molecule has 0 aliphatic heterocycles. The molecule has 6 heteroatoms. The van der Waals surface area contributed by atoms with Gasteiger partial charge in [0.25, 0.3) is 5.91 Å². The minimum Gasteiger partial charge on any atom is -0.495 e. The first-order chi connectivity index (χ1) is 19.1. The number of amides is 1. The molecule has 0 spiro atoms. The van der Waals surface area contributed by atoms with Crippen LogP contribution in [0.1, 0.15) is 32.6 Å². The maximum atomic E-state index is 13.4. The molecule has 4 aromatic rings. The zero-order valence-corrected chi connectivity index (χ0v) is 22.7. The Kier molecular flexibility index (Phi) is 9.25. The standard InChI is InChI=1S/C33H33NO5/c1-36-29-19-17-24(14-15-25-21-30(37-2)32(39-4)31(22-25)38-3)20-28(29)34-33(35)27-13-9-8-12-26(27)18-16-23-10-6-5-7-11-23/h5-15,17,19-22H,16,18H2,1-4H3,(H,34,35)/b15-14-. The number of hydrogen-bond acceptors (Lipinski definition) is 5. The van der Waals surface area contributed by atoms with Crippen LogP contribution in [-0.2, 0) is 12.8 Å². The summed E-state index contributed by atoms with van der Waals surface area (Å²) in [6, 6.07) is 27.4. The number of hydrogen-bond donors (Lipinski definition) is 1. The van der Waals surface area contributed by atoms with Gasteiger partial charge >= 0.3 is 0 Å². The first-order valence-corrected chi connectivity index (χ1v) is 12.7. The van der Waals surface area contributed by atoms with E-state index < -0.39 is 0 Å². The molecule has 200 valence electrons. The summed E-state index contributed by atoms with van der Waals surface area (Å²) in [5.74, 6) is 2.09. The number of carbonyl (C=O) groups excluding carboxylic acids is 1. The fourth-order valence-electron chi connectivity index (χ4n) is 4.39. The van der Waals surface area contributed by atoms with Crippen LogP contribution in [0.15, 0.2) is 84.9 Å². The molecule has 0 heterocycles. The molecule has 6 nitrogen and oxygen atoms in total. The maximum absolute atomic E-state index is 13.4. The molecule has 0 bridgehead atoms. The van der Waals surface area contributed by atoms with E-state index in [1.807, 2.05) is 84.9 Å². The van der Waals surface area contributed by atoms with Crippen molar-refractivity contribution in [2.45, 2.75) is 12.8 Å². The predicted octanol–water partition coefficient (Wildman–Crippen LogP) is 6.93. The van der Waals surface area contributed by atoms with Gasteiger partial charge in [-0.15, -0.1) is 0 Å². The molecule has 1 amide bonds. The second-order valence-electron chi connectivity index (χ2n) is 8.85. The van der Waals surface area contributed by atoms with E-state index in [0.29, 0.717) is 34.2 Å². The average molecular weight is 524 g/mol. The van der Waals surface area contributed by atoms with Crippen LogP contribution in [0.3, 0.4) is 0 Å². The summed E-state index contributed by atoms with van der Waals surface area (Å²) in [5, 5.41) is 3.05. The van der Waals surface area contributed by atoms with Crippen LogP contribution < -0.4 is 24.3 Å². The number of ether oxygens (including phenoxy) is 4. The third kappa shape index (κ3) is 6.79. The van der Waals surface area contributed by atoms with E-state index >= 15 is 0 Å². The molecule has 1 N–H and O–H groups in total. The van der Waals surface area contributed by atoms with Crippen LogP contribution in [0.5, 0.6) is 23.0 Å². The van der Waals surface area contributed by atoms with E-state index in [1.54, 1.807) is 28.4 Å². The second-order valence-corrected chi connectivity index (χ2v) is 8.85. The Hall–Kier alpha value is -4.71. The van der Waals surface area contributed by atoms with Crippen LogP contribution >= 0.6 is 0 Å². The Morgan fingerprint density at radius 3 is 1.97 bits per heavy atom. The summed E-state index contributed by atoms with van der Waals surface area (Å²) in [5.41, 5.74) is 5.23. The first-order valence-electron chi connectivity index (χ1n) is 12.7. The van der Waals surface area contributed by atoms with Crippen molar-refractivity contribution < 1.29 is 23.7 Å². The highest BCUT2D eigenvalue weighted by Gasteiger charge is 2.15. The third-order valence-corrected chi connectivity index (χ3v) is 6.41. The van der Waals surface area contributed by atoms with Crippen molar-refractivity contribution in [3.63, 3.8) is 0 Å². The summed E-state index contributed by atoms with van der Waals surface area (Å²) >= 11 is 0. The molecule has 0 atom stereocenters. The lowest BCUT2D eigenvalue weighted by molar-refractivity contribution is 0.102. The number of nitrogens with one attached hydrogen (secondary N) is 1. The van der Waals surface area contributed by atoms with E-state index in [9.17, 15) is 4.79 Å². The van der Waals surface area contributed by atoms with Crippen LogP contribution in [0.4, 0.5) is 5.69 Å². The summed E-state index contributed by atoms with van der Waals surface area (Å²) in [7, 11) is 6.33. The normalized spacial score (nSPS) is 10.8. The van der Waals surface area contributed by atoms with Gasteiger partial charge in [0.05, 0.1) is 34.1 Å². The van der Waals surface area contributed by atoms with Crippen molar-refractivity contribution in [2.75, 3.05) is 33.8 Å². The maximum Gasteiger partial charge on any atom is 0.256 e. The number of aryl methyl sites for hydroxylation is 2. The van der Waals surface area contributed by atoms with Gasteiger partial charge in [-0.05, 0) is 65.4 Å². The molecular weight excluding hydrogens is 490 g/mol. The van der Waals surface area contributed by atoms with Crippen LogP contribution in [0.2, 0.25) is 0 Å². The molecule has 4 rings (SSSR count). The number of rotatable bonds is 11. The minimum absolute atomic E-state index is 0.178. The van der Waals surface area contributed by atoms with Crippen molar-refractivity contribution >= 4 is 23.7 Å². The molecular formula is C33H33NO5. The van der Waals surface area contributed by atoms with E-state index in [4.69, 9.17) is 18.9 Å². The fourth-order valence-corrected chi connectivity index (χ4v) is 4.39. The molecule has 0 radical (unpaired) electrons. The largest absolute Gasteiger partial charge is 0.495 e. The SMILES string of the molecule is COc1ccc(/C=C\c2cc(OC)c(OC)c(OC)c2)cc1NC(=O)c1ccccc1CCc1ccccc1. The van der Waals surface area contributed by atoms with Crippen LogP contribution in [0, 0.1) is 0 Å². The van der Waals surface area contributed by atoms with E-state index in [-0.39, 0.29) is 5.91 Å². The number of methoxy groups -OCH3 is 4. The van der Waals surface area contributed by atoms with Gasteiger partial charge in [-0.25, -0.2) is 0 Å². The first kappa shape index (κ1) is 27.3. The van der Waals surface area contributed by atoms with Crippen molar-refractivity contribution in [1.82, 2.24) is 0 Å². The fraction of sp³-hybridized carbons (Fsp3) is 0.182. The number of carbonyl (C=O) groups is 1. The Labute approximate surface area is 229 Å². The molecule has 0 aromatic heterocycles. The van der Waals surface area contributed by atoms with E-state index in [1.165, 1.54) is 5.56 Å². The van der Waals surface area contributed by atoms with E-state index in [0.717, 1.165) is 29.5 Å². The van der Waals surface area contributed by atoms with Crippen molar-refractivity contribution in [1.29, 1.82) is 0 Å². The van der Waals surface area contributed by atoms with Gasteiger partial charge in [-0.3, -0.25) is 4.79 Å². The Morgan fingerprint density at radius 1 is 0.667 bits per heavy atom. The summed E-state index contributed by atoms with van der Waals surface area (Å²) in [6.07, 6.45) is 5.51. The lowest BCUT2D eigenvalue weighted by atomic mass is 9.99. The van der Waals surface area contributed by atoms with Gasteiger partial charge in [0, 0.05) is 5.56 Å². The molecule has 0 saturated carbocycles. The molecule has 0 saturated heterocycles. The minimum atomic E-state index is -0.178. The Bertz CT molecular complexity index is 1420. The monoisotopic (exact) mass is 523 g/mol. The van der Waals surface area contributed by atoms with Crippen LogP contribution in [0.25, 0.3) is 12.2 Å².